The SMILES string of the molecule is COCNC(=O)CC(C)(NC(=O)OC(C)(C)C)c1ccccc1F. The van der Waals surface area contributed by atoms with Crippen LogP contribution in [0.15, 0.2) is 24.3 Å². The summed E-state index contributed by atoms with van der Waals surface area (Å²) in [5.74, 6) is -0.908. The van der Waals surface area contributed by atoms with Crippen molar-refractivity contribution in [2.45, 2.75) is 45.3 Å². The summed E-state index contributed by atoms with van der Waals surface area (Å²) in [6, 6.07) is 5.98. The van der Waals surface area contributed by atoms with Crippen molar-refractivity contribution in [3.05, 3.63) is 35.6 Å². The highest BCUT2D eigenvalue weighted by atomic mass is 19.1. The van der Waals surface area contributed by atoms with E-state index < -0.39 is 29.0 Å². The Labute approximate surface area is 141 Å². The predicted molar refractivity (Wildman–Crippen MR) is 87.8 cm³/mol. The number of hydrogen-bond donors (Lipinski definition) is 2. The molecule has 0 spiro atoms. The number of amides is 2. The molecule has 1 rings (SSSR count). The van der Waals surface area contributed by atoms with Crippen LogP contribution in [0.5, 0.6) is 0 Å². The normalized spacial score (nSPS) is 13.8. The summed E-state index contributed by atoms with van der Waals surface area (Å²) in [6.45, 7) is 6.76. The Bertz CT molecular complexity index is 586. The van der Waals surface area contributed by atoms with Crippen molar-refractivity contribution in [3.8, 4) is 0 Å². The van der Waals surface area contributed by atoms with Crippen LogP contribution in [0, 0.1) is 5.82 Å². The Kier molecular flexibility index (Phi) is 6.71. The van der Waals surface area contributed by atoms with Crippen LogP contribution >= 0.6 is 0 Å². The van der Waals surface area contributed by atoms with Gasteiger partial charge in [-0.2, -0.15) is 0 Å². The highest BCUT2D eigenvalue weighted by molar-refractivity contribution is 5.79. The Hall–Kier alpha value is -2.15. The van der Waals surface area contributed by atoms with Crippen molar-refractivity contribution in [1.29, 1.82) is 0 Å². The van der Waals surface area contributed by atoms with Crippen LogP contribution in [0.1, 0.15) is 39.7 Å². The summed E-state index contributed by atoms with van der Waals surface area (Å²) in [4.78, 5) is 24.2. The highest BCUT2D eigenvalue weighted by Gasteiger charge is 2.35. The first kappa shape index (κ1) is 19.9. The maximum atomic E-state index is 14.2. The minimum atomic E-state index is -1.27. The maximum absolute atomic E-state index is 14.2. The molecule has 0 aliphatic rings. The molecular weight excluding hydrogens is 315 g/mol. The maximum Gasteiger partial charge on any atom is 0.408 e. The van der Waals surface area contributed by atoms with E-state index in [0.29, 0.717) is 0 Å². The van der Waals surface area contributed by atoms with Crippen molar-refractivity contribution in [2.24, 2.45) is 0 Å². The molecule has 1 unspecified atom stereocenters. The van der Waals surface area contributed by atoms with Gasteiger partial charge in [0.2, 0.25) is 5.91 Å². The van der Waals surface area contributed by atoms with Gasteiger partial charge >= 0.3 is 6.09 Å². The standard InChI is InChI=1S/C17H25FN2O4/c1-16(2,3)24-15(22)20-17(4,10-14(21)19-11-23-5)12-8-6-7-9-13(12)18/h6-9H,10-11H2,1-5H3,(H,19,21)(H,20,22). The van der Waals surface area contributed by atoms with Gasteiger partial charge in [-0.05, 0) is 33.8 Å². The monoisotopic (exact) mass is 340 g/mol. The van der Waals surface area contributed by atoms with Crippen molar-refractivity contribution in [3.63, 3.8) is 0 Å². The summed E-state index contributed by atoms with van der Waals surface area (Å²) in [5, 5.41) is 5.13. The minimum absolute atomic E-state index is 0.0264. The van der Waals surface area contributed by atoms with E-state index in [1.807, 2.05) is 0 Å². The third kappa shape index (κ3) is 6.16. The van der Waals surface area contributed by atoms with Gasteiger partial charge < -0.3 is 20.1 Å². The van der Waals surface area contributed by atoms with Gasteiger partial charge in [-0.3, -0.25) is 4.79 Å². The average molecular weight is 340 g/mol. The van der Waals surface area contributed by atoms with E-state index in [4.69, 9.17) is 9.47 Å². The van der Waals surface area contributed by atoms with Gasteiger partial charge in [0.15, 0.2) is 0 Å². The summed E-state index contributed by atoms with van der Waals surface area (Å²) in [7, 11) is 1.44. The van der Waals surface area contributed by atoms with Crippen molar-refractivity contribution in [2.75, 3.05) is 13.8 Å². The predicted octanol–water partition coefficient (Wildman–Crippen LogP) is 2.68. The first-order valence-electron chi connectivity index (χ1n) is 7.59. The molecule has 0 saturated heterocycles. The molecule has 7 heteroatoms. The zero-order valence-corrected chi connectivity index (χ0v) is 14.7. The van der Waals surface area contributed by atoms with E-state index in [9.17, 15) is 14.0 Å². The van der Waals surface area contributed by atoms with E-state index in [1.165, 1.54) is 25.3 Å². The minimum Gasteiger partial charge on any atom is -0.444 e. The van der Waals surface area contributed by atoms with Crippen LogP contribution in [-0.4, -0.2) is 31.4 Å². The zero-order valence-electron chi connectivity index (χ0n) is 14.7. The largest absolute Gasteiger partial charge is 0.444 e. The molecule has 2 N–H and O–H groups in total. The van der Waals surface area contributed by atoms with Crippen LogP contribution in [0.4, 0.5) is 9.18 Å². The second-order valence-corrected chi connectivity index (χ2v) is 6.65. The number of benzene rings is 1. The lowest BCUT2D eigenvalue weighted by Gasteiger charge is -2.32. The summed E-state index contributed by atoms with van der Waals surface area (Å²) in [5.41, 5.74) is -1.78. The zero-order chi connectivity index (χ0) is 18.4. The lowest BCUT2D eigenvalue weighted by atomic mass is 9.88. The third-order valence-electron chi connectivity index (χ3n) is 3.17. The Morgan fingerprint density at radius 1 is 1.17 bits per heavy atom. The fraction of sp³-hybridized carbons (Fsp3) is 0.529. The Morgan fingerprint density at radius 3 is 2.33 bits per heavy atom. The summed E-state index contributed by atoms with van der Waals surface area (Å²) < 4.78 is 24.2. The van der Waals surface area contributed by atoms with Crippen LogP contribution in [0.2, 0.25) is 0 Å². The molecule has 0 bridgehead atoms. The van der Waals surface area contributed by atoms with Gasteiger partial charge in [0.1, 0.15) is 18.1 Å². The number of hydrogen-bond acceptors (Lipinski definition) is 4. The fourth-order valence-electron chi connectivity index (χ4n) is 2.18. The molecule has 0 aliphatic carbocycles. The Morgan fingerprint density at radius 2 is 1.79 bits per heavy atom. The van der Waals surface area contributed by atoms with Gasteiger partial charge in [-0.25, -0.2) is 9.18 Å². The van der Waals surface area contributed by atoms with E-state index in [-0.39, 0.29) is 18.7 Å². The number of ether oxygens (including phenoxy) is 2. The second kappa shape index (κ2) is 8.10. The molecule has 0 fully saturated rings. The summed E-state index contributed by atoms with van der Waals surface area (Å²) >= 11 is 0. The van der Waals surface area contributed by atoms with Crippen molar-refractivity contribution >= 4 is 12.0 Å². The van der Waals surface area contributed by atoms with Crippen LogP contribution in [0.25, 0.3) is 0 Å². The molecule has 6 nitrogen and oxygen atoms in total. The van der Waals surface area contributed by atoms with E-state index >= 15 is 0 Å². The molecule has 0 saturated carbocycles. The average Bonchev–Trinajstić information content (AvgIpc) is 2.43. The van der Waals surface area contributed by atoms with Crippen LogP contribution in [0.3, 0.4) is 0 Å². The fourth-order valence-corrected chi connectivity index (χ4v) is 2.18. The van der Waals surface area contributed by atoms with Gasteiger partial charge in [0.25, 0.3) is 0 Å². The number of nitrogens with one attached hydrogen (secondary N) is 2. The first-order valence-corrected chi connectivity index (χ1v) is 7.59. The topological polar surface area (TPSA) is 76.7 Å². The van der Waals surface area contributed by atoms with Crippen molar-refractivity contribution in [1.82, 2.24) is 10.6 Å². The summed E-state index contributed by atoms with van der Waals surface area (Å²) in [6.07, 6.45) is -0.899. The molecule has 2 amide bonds. The highest BCUT2D eigenvalue weighted by Crippen LogP contribution is 2.27. The number of rotatable bonds is 6. The van der Waals surface area contributed by atoms with Crippen LogP contribution in [-0.2, 0) is 19.8 Å². The number of halogens is 1. The molecule has 0 aromatic heterocycles. The molecule has 0 heterocycles. The molecule has 1 atom stereocenters. The number of methoxy groups -OCH3 is 1. The van der Waals surface area contributed by atoms with Crippen LogP contribution < -0.4 is 10.6 Å². The number of alkyl carbamates (subject to hydrolysis) is 1. The van der Waals surface area contributed by atoms with Gasteiger partial charge in [-0.1, -0.05) is 18.2 Å². The quantitative estimate of drug-likeness (QED) is 0.781. The second-order valence-electron chi connectivity index (χ2n) is 6.65. The number of carbonyl (C=O) groups excluding carboxylic acids is 2. The third-order valence-corrected chi connectivity index (χ3v) is 3.17. The molecule has 1 aromatic carbocycles. The molecule has 0 radical (unpaired) electrons. The van der Waals surface area contributed by atoms with Gasteiger partial charge in [0, 0.05) is 12.7 Å². The molecule has 0 aliphatic heterocycles. The molecular formula is C17H25FN2O4. The van der Waals surface area contributed by atoms with E-state index in [1.54, 1.807) is 33.8 Å². The smallest absolute Gasteiger partial charge is 0.408 e. The Balaban J connectivity index is 3.05. The van der Waals surface area contributed by atoms with E-state index in [2.05, 4.69) is 10.6 Å². The first-order chi connectivity index (χ1) is 11.1. The number of carbonyl (C=O) groups is 2. The molecule has 134 valence electrons. The molecule has 1 aromatic rings. The van der Waals surface area contributed by atoms with Gasteiger partial charge in [-0.15, -0.1) is 0 Å². The van der Waals surface area contributed by atoms with E-state index in [0.717, 1.165) is 0 Å². The van der Waals surface area contributed by atoms with Gasteiger partial charge in [0.05, 0.1) is 12.0 Å². The van der Waals surface area contributed by atoms with Crippen molar-refractivity contribution < 1.29 is 23.5 Å². The lowest BCUT2D eigenvalue weighted by Crippen LogP contribution is -2.49. The lowest BCUT2D eigenvalue weighted by molar-refractivity contribution is -0.123. The molecule has 24 heavy (non-hydrogen) atoms.